The molecule has 2 fully saturated rings. The molecular formula is C28H33N3O8. The van der Waals surface area contributed by atoms with E-state index < -0.39 is 82.1 Å². The van der Waals surface area contributed by atoms with Gasteiger partial charge >= 0.3 is 0 Å². The van der Waals surface area contributed by atoms with Crippen LogP contribution in [0.25, 0.3) is 0 Å². The van der Waals surface area contributed by atoms with Crippen LogP contribution in [-0.4, -0.2) is 94.2 Å². The number of nitrogens with zero attached hydrogens (tertiary/aromatic N) is 2. The van der Waals surface area contributed by atoms with Crippen molar-refractivity contribution >= 4 is 34.7 Å². The molecule has 3 aliphatic carbocycles. The number of primary amides is 1. The Balaban J connectivity index is 1.92. The summed E-state index contributed by atoms with van der Waals surface area (Å²) in [5.74, 6) is -13.5. The van der Waals surface area contributed by atoms with Crippen LogP contribution < -0.4 is 10.6 Å². The van der Waals surface area contributed by atoms with Gasteiger partial charge in [-0.3, -0.25) is 28.9 Å². The Morgan fingerprint density at radius 2 is 1.69 bits per heavy atom. The number of carbonyl (C=O) groups is 5. The molecule has 2 saturated carbocycles. The molecule has 39 heavy (non-hydrogen) atoms. The molecule has 0 aromatic heterocycles. The maximum absolute atomic E-state index is 14.0. The number of carbonyl (C=O) groups excluding carboxylic acids is 5. The summed E-state index contributed by atoms with van der Waals surface area (Å²) in [4.78, 5) is 69.7. The molecule has 5 N–H and O–H groups in total. The fourth-order valence-corrected chi connectivity index (χ4v) is 6.82. The second-order valence-electron chi connectivity index (χ2n) is 10.7. The van der Waals surface area contributed by atoms with Crippen molar-refractivity contribution in [2.24, 2.45) is 29.4 Å². The fourth-order valence-electron chi connectivity index (χ4n) is 6.82. The second kappa shape index (κ2) is 9.82. The summed E-state index contributed by atoms with van der Waals surface area (Å²) in [6.45, 7) is 9.70. The minimum atomic E-state index is -3.03. The molecule has 4 rings (SSSR count). The van der Waals surface area contributed by atoms with Crippen LogP contribution >= 0.6 is 0 Å². The van der Waals surface area contributed by atoms with Gasteiger partial charge in [-0.25, -0.2) is 0 Å². The number of aliphatic hydroxyl groups is 2. The van der Waals surface area contributed by atoms with E-state index in [-0.39, 0.29) is 11.3 Å². The number of benzene rings is 1. The van der Waals surface area contributed by atoms with Gasteiger partial charge in [0.15, 0.2) is 34.7 Å². The van der Waals surface area contributed by atoms with Crippen molar-refractivity contribution in [3.05, 3.63) is 48.6 Å². The SMILES string of the molecule is C=CCN(CC=C)c1ccc2c(c1O)C(=O)C1C(=O)[C@]3(O)C(=O)C(C(N)=O)C(=O)[C@@H](N(C)C)[C@@H]3[C@@H](O)[C@@H]1[C@H]2C. The van der Waals surface area contributed by atoms with Crippen molar-refractivity contribution in [2.75, 3.05) is 32.1 Å². The number of phenols is 1. The summed E-state index contributed by atoms with van der Waals surface area (Å²) in [6.07, 6.45) is 1.54. The number of hydrogen-bond donors (Lipinski definition) is 4. The maximum atomic E-state index is 14.0. The smallest absolute Gasteiger partial charge is 0.235 e. The lowest BCUT2D eigenvalue weighted by Crippen LogP contribution is -2.77. The largest absolute Gasteiger partial charge is 0.505 e. The topological polar surface area (TPSA) is 179 Å². The quantitative estimate of drug-likeness (QED) is 0.263. The van der Waals surface area contributed by atoms with Crippen molar-refractivity contribution in [2.45, 2.75) is 30.6 Å². The van der Waals surface area contributed by atoms with Crippen LogP contribution in [0.2, 0.25) is 0 Å². The Morgan fingerprint density at radius 3 is 2.21 bits per heavy atom. The first-order valence-electron chi connectivity index (χ1n) is 12.6. The third kappa shape index (κ3) is 3.79. The number of rotatable bonds is 7. The predicted octanol–water partition coefficient (Wildman–Crippen LogP) is -0.423. The highest BCUT2D eigenvalue weighted by molar-refractivity contribution is 6.32. The molecule has 0 heterocycles. The van der Waals surface area contributed by atoms with Gasteiger partial charge in [-0.05, 0) is 31.6 Å². The molecule has 0 bridgehead atoms. The molecule has 1 aromatic rings. The number of aromatic hydroxyl groups is 1. The number of Topliss-reactive ketones (excluding diaryl/α,β-unsaturated/α-hetero) is 4. The average Bonchev–Trinajstić information content (AvgIpc) is 2.85. The van der Waals surface area contributed by atoms with Gasteiger partial charge in [-0.2, -0.15) is 0 Å². The highest BCUT2D eigenvalue weighted by Crippen LogP contribution is 2.55. The molecule has 0 aliphatic heterocycles. The van der Waals surface area contributed by atoms with Crippen molar-refractivity contribution in [3.63, 3.8) is 0 Å². The minimum Gasteiger partial charge on any atom is -0.505 e. The number of amides is 1. The zero-order valence-electron chi connectivity index (χ0n) is 22.0. The number of phenolic OH excluding ortho intramolecular Hbond substituents is 1. The van der Waals surface area contributed by atoms with Crippen LogP contribution in [-0.2, 0) is 19.2 Å². The first-order chi connectivity index (χ1) is 18.3. The number of fused-ring (bicyclic) bond motifs is 3. The molecule has 208 valence electrons. The van der Waals surface area contributed by atoms with Crippen LogP contribution in [0.5, 0.6) is 5.75 Å². The Kier molecular flexibility index (Phi) is 7.13. The number of anilines is 1. The summed E-state index contributed by atoms with van der Waals surface area (Å²) in [5.41, 5.74) is 2.81. The van der Waals surface area contributed by atoms with E-state index in [0.717, 1.165) is 0 Å². The van der Waals surface area contributed by atoms with Gasteiger partial charge in [0, 0.05) is 19.0 Å². The highest BCUT2D eigenvalue weighted by atomic mass is 16.3. The van der Waals surface area contributed by atoms with Crippen LogP contribution in [0.15, 0.2) is 37.4 Å². The first kappa shape index (κ1) is 28.3. The lowest BCUT2D eigenvalue weighted by atomic mass is 9.49. The molecule has 11 nitrogen and oxygen atoms in total. The average molecular weight is 540 g/mol. The van der Waals surface area contributed by atoms with Gasteiger partial charge in [0.25, 0.3) is 0 Å². The van der Waals surface area contributed by atoms with E-state index in [1.54, 1.807) is 36.1 Å². The predicted molar refractivity (Wildman–Crippen MR) is 140 cm³/mol. The molecule has 1 aromatic carbocycles. The van der Waals surface area contributed by atoms with Gasteiger partial charge in [0.2, 0.25) is 5.91 Å². The number of ketones is 4. The summed E-state index contributed by atoms with van der Waals surface area (Å²) >= 11 is 0. The van der Waals surface area contributed by atoms with Gasteiger partial charge in [0.1, 0.15) is 5.75 Å². The van der Waals surface area contributed by atoms with E-state index in [1.165, 1.54) is 19.0 Å². The van der Waals surface area contributed by atoms with Gasteiger partial charge in [-0.15, -0.1) is 13.2 Å². The third-order valence-electron chi connectivity index (χ3n) is 8.51. The lowest BCUT2D eigenvalue weighted by Gasteiger charge is -2.56. The number of hydrogen-bond acceptors (Lipinski definition) is 10. The third-order valence-corrected chi connectivity index (χ3v) is 8.51. The fraction of sp³-hybridized carbons (Fsp3) is 0.464. The molecule has 0 radical (unpaired) electrons. The molecule has 8 atom stereocenters. The molecule has 0 saturated heterocycles. The highest BCUT2D eigenvalue weighted by Gasteiger charge is 2.72. The van der Waals surface area contributed by atoms with E-state index in [0.29, 0.717) is 18.7 Å². The van der Waals surface area contributed by atoms with E-state index in [4.69, 9.17) is 5.73 Å². The molecule has 3 aliphatic rings. The first-order valence-corrected chi connectivity index (χ1v) is 12.6. The normalized spacial score (nSPS) is 33.7. The van der Waals surface area contributed by atoms with Crippen molar-refractivity contribution < 1.29 is 39.3 Å². The Bertz CT molecular complexity index is 1300. The van der Waals surface area contributed by atoms with Gasteiger partial charge in [-0.1, -0.05) is 25.1 Å². The minimum absolute atomic E-state index is 0.156. The van der Waals surface area contributed by atoms with Crippen LogP contribution in [0, 0.1) is 23.7 Å². The van der Waals surface area contributed by atoms with Crippen molar-refractivity contribution in [3.8, 4) is 5.75 Å². The van der Waals surface area contributed by atoms with Crippen LogP contribution in [0.1, 0.15) is 28.8 Å². The Hall–Kier alpha value is -3.67. The molecule has 2 unspecified atom stereocenters. The number of nitrogens with two attached hydrogens (primary N) is 1. The summed E-state index contributed by atoms with van der Waals surface area (Å²) in [7, 11) is 2.89. The van der Waals surface area contributed by atoms with E-state index in [2.05, 4.69) is 13.2 Å². The number of aliphatic hydroxyl groups excluding tert-OH is 1. The Labute approximate surface area is 225 Å². The summed E-state index contributed by atoms with van der Waals surface area (Å²) in [6, 6.07) is 1.84. The number of likely N-dealkylation sites (N-methyl/N-ethyl adjacent to an activating group) is 1. The molecule has 1 amide bonds. The zero-order valence-corrected chi connectivity index (χ0v) is 22.0. The van der Waals surface area contributed by atoms with Crippen molar-refractivity contribution in [1.82, 2.24) is 4.90 Å². The van der Waals surface area contributed by atoms with E-state index in [9.17, 15) is 39.3 Å². The lowest BCUT2D eigenvalue weighted by molar-refractivity contribution is -0.196. The second-order valence-corrected chi connectivity index (χ2v) is 10.7. The zero-order chi connectivity index (χ0) is 29.1. The van der Waals surface area contributed by atoms with Crippen molar-refractivity contribution in [1.29, 1.82) is 0 Å². The summed E-state index contributed by atoms with van der Waals surface area (Å²) in [5, 5.41) is 34.6. The van der Waals surface area contributed by atoms with Crippen LogP contribution in [0.4, 0.5) is 5.69 Å². The van der Waals surface area contributed by atoms with E-state index in [1.807, 2.05) is 0 Å². The standard InChI is InChI=1S/C28H33N3O8/c1-6-10-31(11-7-2)14-9-8-13-12(3)15-17(22(33)16(13)21(14)32)25(36)28(39)19(23(15)34)20(30(4)5)24(35)18(26(28)37)27(29)38/h6-9,12,15,17-20,23,32,34,39H,1-2,10-11H2,3-5H3,(H2,29,38)/t12-,15+,17?,18?,19+,20-,23-,28-/m0/s1. The van der Waals surface area contributed by atoms with Crippen LogP contribution in [0.3, 0.4) is 0 Å². The molecule has 11 heteroatoms. The van der Waals surface area contributed by atoms with E-state index >= 15 is 0 Å². The van der Waals surface area contributed by atoms with Gasteiger partial charge in [0.05, 0.1) is 35.2 Å². The Morgan fingerprint density at radius 1 is 1.10 bits per heavy atom. The molecule has 0 spiro atoms. The maximum Gasteiger partial charge on any atom is 0.235 e. The van der Waals surface area contributed by atoms with Gasteiger partial charge < -0.3 is 26.0 Å². The monoisotopic (exact) mass is 539 g/mol. The summed E-state index contributed by atoms with van der Waals surface area (Å²) < 4.78 is 0. The molecular weight excluding hydrogens is 506 g/mol.